The molecule has 3 heterocycles. The molecule has 3 unspecified atom stereocenters. The summed E-state index contributed by atoms with van der Waals surface area (Å²) in [6.45, 7) is -4.31. The predicted molar refractivity (Wildman–Crippen MR) is 194 cm³/mol. The number of epoxide rings is 3. The van der Waals surface area contributed by atoms with Gasteiger partial charge in [0.05, 0.1) is 58.2 Å². The van der Waals surface area contributed by atoms with Gasteiger partial charge in [0.25, 0.3) is 0 Å². The molecule has 0 bridgehead atoms. The lowest BCUT2D eigenvalue weighted by atomic mass is 10.5. The van der Waals surface area contributed by atoms with E-state index in [2.05, 4.69) is 23.7 Å². The van der Waals surface area contributed by atoms with Crippen molar-refractivity contribution >= 4 is 11.6 Å². The first-order valence-electron chi connectivity index (χ1n) is 14.0. The number of hydrogen-bond donors (Lipinski definition) is 2. The lowest BCUT2D eigenvalue weighted by Crippen LogP contribution is -2.48. The van der Waals surface area contributed by atoms with E-state index in [1.54, 1.807) is 0 Å². The Kier molecular flexibility index (Phi) is 72.2. The first-order valence-corrected chi connectivity index (χ1v) is 14.5. The second-order valence-corrected chi connectivity index (χ2v) is 8.96. The molecule has 414 valence electrons. The highest BCUT2D eigenvalue weighted by molar-refractivity contribution is 6.18. The molecular formula is C31H65ClF20O13. The zero-order valence-electron chi connectivity index (χ0n) is 28.0. The van der Waals surface area contributed by atoms with Crippen LogP contribution in [0.2, 0.25) is 0 Å². The van der Waals surface area contributed by atoms with Gasteiger partial charge in [0.15, 0.2) is 27.4 Å². The van der Waals surface area contributed by atoms with Crippen LogP contribution in [0.1, 0.15) is 59.4 Å². The van der Waals surface area contributed by atoms with Crippen molar-refractivity contribution in [2.45, 2.75) is 115 Å². The van der Waals surface area contributed by atoms with Crippen LogP contribution >= 0.6 is 11.6 Å². The van der Waals surface area contributed by atoms with E-state index in [-0.39, 0.29) is 84.8 Å². The highest BCUT2D eigenvalue weighted by atomic mass is 35.5. The number of halogens is 21. The highest BCUT2D eigenvalue weighted by Crippen LogP contribution is 2.41. The number of ether oxygens (including phenoxy) is 9. The first kappa shape index (κ1) is 93.4. The fourth-order valence-corrected chi connectivity index (χ4v) is 1.80. The van der Waals surface area contributed by atoms with Crippen LogP contribution in [-0.4, -0.2) is 158 Å². The van der Waals surface area contributed by atoms with Gasteiger partial charge in [-0.3, -0.25) is 9.47 Å². The summed E-state index contributed by atoms with van der Waals surface area (Å²) >= 11 is 5.27. The largest absolute Gasteiger partial charge is 0.492 e. The van der Waals surface area contributed by atoms with Crippen LogP contribution < -0.4 is 0 Å². The van der Waals surface area contributed by atoms with Crippen LogP contribution in [0.5, 0.6) is 0 Å². The van der Waals surface area contributed by atoms with Crippen LogP contribution in [-0.2, 0) is 52.5 Å². The molecule has 3 aliphatic heterocycles. The Morgan fingerprint density at radius 2 is 0.754 bits per heavy atom. The third kappa shape index (κ3) is 56.6. The third-order valence-corrected chi connectivity index (χ3v) is 4.52. The standard InChI is InChI=1S/C5H9FO2.2C4H2F8O3.C4H7FO2.C3H5ClO.C2H5FO.CH3FO.8CH4/c6-1-2-7-3-5-4-8-5;2*5-1-13-4(10,11)14-2(6,7)3(8,9)15-12;5-3-6-1-4-2-7-4;4-1-3-2-5-3;3-1-2-4;2-1-3;;;;;;;;/h5H,1-4H2;2*1H2;4H,1-3H2;3H,1-2H2;4H,1-2H2;3H,1H2;8*1H4. The van der Waals surface area contributed by atoms with Crippen molar-refractivity contribution in [1.82, 2.24) is 0 Å². The summed E-state index contributed by atoms with van der Waals surface area (Å²) in [5.74, 6) is 0.667. The second-order valence-electron chi connectivity index (χ2n) is 8.66. The molecule has 0 aromatic rings. The zero-order valence-corrected chi connectivity index (χ0v) is 28.7. The molecule has 3 atom stereocenters. The minimum absolute atomic E-state index is 0. The van der Waals surface area contributed by atoms with E-state index >= 15 is 0 Å². The SMILES string of the molecule is C.C.C.C.C.C.C.C.ClCC1CO1.FCCOCC1CO1.FCOC(F)(F)OC(F)(F)C(F)(F)OF.FCOC(F)(F)OC(F)(F)C(F)(F)OF.FCOCC1CO1.OCCF.OCF. The molecule has 2 N–H and O–H groups in total. The van der Waals surface area contributed by atoms with Gasteiger partial charge in [0.2, 0.25) is 0 Å². The molecule has 3 fully saturated rings. The summed E-state index contributed by atoms with van der Waals surface area (Å²) in [4.78, 5) is 2.87. The quantitative estimate of drug-likeness (QED) is 0.0369. The second kappa shape index (κ2) is 50.3. The molecule has 3 saturated heterocycles. The smallest absolute Gasteiger partial charge is 0.394 e. The molecule has 13 nitrogen and oxygen atoms in total. The maximum Gasteiger partial charge on any atom is 0.492 e. The van der Waals surface area contributed by atoms with Gasteiger partial charge in [0, 0.05) is 0 Å². The fraction of sp³-hybridized carbons (Fsp3) is 1.00. The van der Waals surface area contributed by atoms with Gasteiger partial charge < -0.3 is 33.9 Å². The van der Waals surface area contributed by atoms with Gasteiger partial charge in [0.1, 0.15) is 25.6 Å². The zero-order chi connectivity index (χ0) is 45.4. The molecule has 3 rings (SSSR count). The van der Waals surface area contributed by atoms with Crippen molar-refractivity contribution in [3.8, 4) is 0 Å². The van der Waals surface area contributed by atoms with E-state index in [0.717, 1.165) is 19.8 Å². The van der Waals surface area contributed by atoms with Crippen molar-refractivity contribution in [1.29, 1.82) is 0 Å². The van der Waals surface area contributed by atoms with Gasteiger partial charge in [-0.2, -0.15) is 35.1 Å². The fourth-order valence-electron chi connectivity index (χ4n) is 1.62. The Bertz CT molecular complexity index is 879. The molecule has 0 amide bonds. The van der Waals surface area contributed by atoms with Crippen LogP contribution in [0.25, 0.3) is 0 Å². The number of alkyl halides is 19. The number of aliphatic hydroxyl groups is 2. The Labute approximate surface area is 370 Å². The lowest BCUT2D eigenvalue weighted by Gasteiger charge is -2.25. The minimum atomic E-state index is -6.04. The van der Waals surface area contributed by atoms with Crippen molar-refractivity contribution in [2.24, 2.45) is 0 Å². The molecule has 0 aliphatic carbocycles. The Hall–Kier alpha value is -1.63. The summed E-state index contributed by atoms with van der Waals surface area (Å²) in [6, 6.07) is 0. The first-order chi connectivity index (χ1) is 26.3. The van der Waals surface area contributed by atoms with E-state index in [9.17, 15) is 88.1 Å². The van der Waals surface area contributed by atoms with Gasteiger partial charge in [-0.25, -0.2) is 35.8 Å². The van der Waals surface area contributed by atoms with E-state index in [1.807, 2.05) is 0 Å². The van der Waals surface area contributed by atoms with Gasteiger partial charge in [-0.05, 0) is 9.05 Å². The van der Waals surface area contributed by atoms with Crippen LogP contribution in [0.15, 0.2) is 0 Å². The molecule has 0 radical (unpaired) electrons. The molecule has 0 spiro atoms. The number of aliphatic hydroxyl groups excluding tert-OH is 2. The Morgan fingerprint density at radius 1 is 0.477 bits per heavy atom. The highest BCUT2D eigenvalue weighted by Gasteiger charge is 2.67. The normalized spacial score (nSPS) is 16.2. The van der Waals surface area contributed by atoms with E-state index < -0.39 is 77.8 Å². The maximum absolute atomic E-state index is 12.0. The van der Waals surface area contributed by atoms with Crippen molar-refractivity contribution in [3.63, 3.8) is 0 Å². The van der Waals surface area contributed by atoms with Gasteiger partial charge in [-0.1, -0.05) is 59.4 Å². The molecule has 3 aliphatic rings. The minimum Gasteiger partial charge on any atom is -0.394 e. The van der Waals surface area contributed by atoms with Crippen LogP contribution in [0.3, 0.4) is 0 Å². The summed E-state index contributed by atoms with van der Waals surface area (Å²) < 4.78 is 262. The van der Waals surface area contributed by atoms with Gasteiger partial charge >= 0.3 is 37.0 Å². The predicted octanol–water partition coefficient (Wildman–Crippen LogP) is 11.4. The average molecular weight is 1060 g/mol. The molecular weight excluding hydrogens is 996 g/mol. The number of rotatable bonds is 21. The molecule has 0 aromatic carbocycles. The number of hydrogen-bond acceptors (Lipinski definition) is 13. The molecule has 65 heavy (non-hydrogen) atoms. The van der Waals surface area contributed by atoms with Gasteiger partial charge in [-0.15, -0.1) is 39.0 Å². The van der Waals surface area contributed by atoms with E-state index in [1.165, 1.54) is 9.88 Å². The summed E-state index contributed by atoms with van der Waals surface area (Å²) in [5, 5.41) is 14.4. The Morgan fingerprint density at radius 3 is 0.923 bits per heavy atom. The van der Waals surface area contributed by atoms with E-state index in [4.69, 9.17) is 40.8 Å². The van der Waals surface area contributed by atoms with Crippen molar-refractivity contribution in [2.75, 3.05) is 92.9 Å². The topological polar surface area (TPSA) is 152 Å². The molecule has 0 aromatic heterocycles. The monoisotopic (exact) mass is 1060 g/mol. The van der Waals surface area contributed by atoms with Crippen LogP contribution in [0.4, 0.5) is 88.1 Å². The van der Waals surface area contributed by atoms with Crippen molar-refractivity contribution < 1.29 is 151 Å². The van der Waals surface area contributed by atoms with Crippen molar-refractivity contribution in [3.05, 3.63) is 0 Å². The Balaban J connectivity index is -0.0000000522. The maximum atomic E-state index is 12.0. The molecule has 0 saturated carbocycles. The average Bonchev–Trinajstić information content (AvgIpc) is 3.96. The molecule has 34 heteroatoms. The van der Waals surface area contributed by atoms with Crippen LogP contribution in [0, 0.1) is 0 Å². The summed E-state index contributed by atoms with van der Waals surface area (Å²) in [5.41, 5.74) is 0. The van der Waals surface area contributed by atoms with E-state index in [0.29, 0.717) is 25.2 Å². The summed E-state index contributed by atoms with van der Waals surface area (Å²) in [7, 11) is 0. The summed E-state index contributed by atoms with van der Waals surface area (Å²) in [6.07, 6.45) is -33.9. The third-order valence-electron chi connectivity index (χ3n) is 4.18. The lowest BCUT2D eigenvalue weighted by molar-refractivity contribution is -0.548.